The number of hydrogen-bond donors (Lipinski definition) is 1. The van der Waals surface area contributed by atoms with Crippen molar-refractivity contribution in [2.45, 2.75) is 52.7 Å². The molecule has 1 atom stereocenters. The van der Waals surface area contributed by atoms with Gasteiger partial charge in [0.2, 0.25) is 0 Å². The van der Waals surface area contributed by atoms with E-state index in [9.17, 15) is 0 Å². The lowest BCUT2D eigenvalue weighted by atomic mass is 9.81. The van der Waals surface area contributed by atoms with Crippen molar-refractivity contribution in [1.82, 2.24) is 4.90 Å². The molecule has 1 heterocycles. The Bertz CT molecular complexity index is 152. The van der Waals surface area contributed by atoms with E-state index in [0.29, 0.717) is 11.5 Å². The maximum Gasteiger partial charge on any atom is 0.0579 e. The Morgan fingerprint density at radius 1 is 1.42 bits per heavy atom. The highest BCUT2D eigenvalue weighted by Gasteiger charge is 2.31. The number of hydrogen-bond acceptors (Lipinski definition) is 2. The van der Waals surface area contributed by atoms with E-state index < -0.39 is 0 Å². The van der Waals surface area contributed by atoms with Crippen molar-refractivity contribution in [2.24, 2.45) is 11.1 Å². The third-order valence-electron chi connectivity index (χ3n) is 2.90. The molecule has 0 amide bonds. The van der Waals surface area contributed by atoms with E-state index in [1.54, 1.807) is 0 Å². The van der Waals surface area contributed by atoms with Crippen molar-refractivity contribution in [3.8, 4) is 0 Å². The van der Waals surface area contributed by atoms with Crippen LogP contribution in [0.25, 0.3) is 0 Å². The number of rotatable bonds is 1. The highest BCUT2D eigenvalue weighted by Crippen LogP contribution is 2.32. The van der Waals surface area contributed by atoms with Crippen molar-refractivity contribution >= 4 is 0 Å². The summed E-state index contributed by atoms with van der Waals surface area (Å²) in [5, 5.41) is 0. The Labute approximate surface area is 76.1 Å². The highest BCUT2D eigenvalue weighted by atomic mass is 15.2. The largest absolute Gasteiger partial charge is 0.316 e. The van der Waals surface area contributed by atoms with Crippen LogP contribution < -0.4 is 5.73 Å². The zero-order valence-corrected chi connectivity index (χ0v) is 8.80. The first kappa shape index (κ1) is 10.0. The first-order valence-corrected chi connectivity index (χ1v) is 4.94. The summed E-state index contributed by atoms with van der Waals surface area (Å²) in [4.78, 5) is 2.39. The molecule has 0 spiro atoms. The second kappa shape index (κ2) is 3.35. The first-order chi connectivity index (χ1) is 5.42. The van der Waals surface area contributed by atoms with E-state index in [1.165, 1.54) is 6.42 Å². The summed E-state index contributed by atoms with van der Waals surface area (Å²) >= 11 is 0. The molecule has 1 aliphatic heterocycles. The van der Waals surface area contributed by atoms with Gasteiger partial charge in [0.15, 0.2) is 0 Å². The van der Waals surface area contributed by atoms with Crippen LogP contribution in [0.1, 0.15) is 40.5 Å². The predicted octanol–water partition coefficient (Wildman–Crippen LogP) is 1.80. The van der Waals surface area contributed by atoms with Gasteiger partial charge >= 0.3 is 0 Å². The molecule has 1 fully saturated rings. The van der Waals surface area contributed by atoms with E-state index in [4.69, 9.17) is 5.73 Å². The molecule has 0 aliphatic carbocycles. The Kier molecular flexibility index (Phi) is 2.79. The fourth-order valence-electron chi connectivity index (χ4n) is 2.02. The fraction of sp³-hybridized carbons (Fsp3) is 1.00. The number of likely N-dealkylation sites (tertiary alicyclic amines) is 1. The van der Waals surface area contributed by atoms with Crippen LogP contribution in [0.4, 0.5) is 0 Å². The van der Waals surface area contributed by atoms with Crippen LogP contribution >= 0.6 is 0 Å². The topological polar surface area (TPSA) is 29.3 Å². The number of piperidine rings is 1. The Morgan fingerprint density at radius 2 is 2.00 bits per heavy atom. The molecule has 0 aromatic rings. The van der Waals surface area contributed by atoms with Crippen LogP contribution in [0.3, 0.4) is 0 Å². The van der Waals surface area contributed by atoms with Gasteiger partial charge in [0.05, 0.1) is 6.17 Å². The molecule has 0 radical (unpaired) electrons. The van der Waals surface area contributed by atoms with Crippen LogP contribution in [-0.2, 0) is 0 Å². The van der Waals surface area contributed by atoms with E-state index >= 15 is 0 Å². The van der Waals surface area contributed by atoms with Gasteiger partial charge in [0, 0.05) is 12.6 Å². The Morgan fingerprint density at radius 3 is 2.42 bits per heavy atom. The quantitative estimate of drug-likeness (QED) is 0.650. The molecule has 0 bridgehead atoms. The van der Waals surface area contributed by atoms with Crippen molar-refractivity contribution in [3.05, 3.63) is 0 Å². The third kappa shape index (κ3) is 2.20. The molecular weight excluding hydrogens is 148 g/mol. The summed E-state index contributed by atoms with van der Waals surface area (Å²) in [5.74, 6) is 0. The average molecular weight is 170 g/mol. The summed E-state index contributed by atoms with van der Waals surface area (Å²) in [6, 6.07) is 0.594. The summed E-state index contributed by atoms with van der Waals surface area (Å²) in [6.07, 6.45) is 2.68. The van der Waals surface area contributed by atoms with E-state index in [0.717, 1.165) is 13.0 Å². The zero-order chi connectivity index (χ0) is 9.35. The molecular formula is C10H22N2. The molecule has 0 aromatic carbocycles. The first-order valence-electron chi connectivity index (χ1n) is 4.94. The molecule has 2 heteroatoms. The van der Waals surface area contributed by atoms with Gasteiger partial charge < -0.3 is 5.73 Å². The second-order valence-corrected chi connectivity index (χ2v) is 5.02. The number of nitrogens with two attached hydrogens (primary N) is 1. The van der Waals surface area contributed by atoms with Crippen molar-refractivity contribution in [2.75, 3.05) is 6.54 Å². The summed E-state index contributed by atoms with van der Waals surface area (Å²) < 4.78 is 0. The Balaban J connectivity index is 2.54. The SMILES string of the molecule is CC(C)N1CCC(C)(C)CC1N. The van der Waals surface area contributed by atoms with Crippen LogP contribution in [0.5, 0.6) is 0 Å². The average Bonchev–Trinajstić information content (AvgIpc) is 1.83. The smallest absolute Gasteiger partial charge is 0.0579 e. The normalized spacial score (nSPS) is 31.0. The van der Waals surface area contributed by atoms with Crippen molar-refractivity contribution in [3.63, 3.8) is 0 Å². The zero-order valence-electron chi connectivity index (χ0n) is 8.80. The predicted molar refractivity (Wildman–Crippen MR) is 52.8 cm³/mol. The molecule has 2 nitrogen and oxygen atoms in total. The minimum Gasteiger partial charge on any atom is -0.316 e. The molecule has 1 saturated heterocycles. The van der Waals surface area contributed by atoms with Gasteiger partial charge in [-0.05, 0) is 32.1 Å². The Hall–Kier alpha value is -0.0800. The lowest BCUT2D eigenvalue weighted by Crippen LogP contribution is -2.52. The maximum absolute atomic E-state index is 6.08. The molecule has 0 aromatic heterocycles. The maximum atomic E-state index is 6.08. The molecule has 72 valence electrons. The highest BCUT2D eigenvalue weighted by molar-refractivity contribution is 4.84. The fourth-order valence-corrected chi connectivity index (χ4v) is 2.02. The van der Waals surface area contributed by atoms with Gasteiger partial charge in [0.25, 0.3) is 0 Å². The number of nitrogens with zero attached hydrogens (tertiary/aromatic N) is 1. The molecule has 0 saturated carbocycles. The van der Waals surface area contributed by atoms with Crippen LogP contribution in [0.15, 0.2) is 0 Å². The van der Waals surface area contributed by atoms with E-state index in [2.05, 4.69) is 32.6 Å². The minimum absolute atomic E-state index is 0.272. The standard InChI is InChI=1S/C10H22N2/c1-8(2)12-6-5-10(3,4)7-9(12)11/h8-9H,5-7,11H2,1-4H3. The van der Waals surface area contributed by atoms with Gasteiger partial charge in [-0.3, -0.25) is 4.90 Å². The molecule has 1 aliphatic rings. The van der Waals surface area contributed by atoms with Gasteiger partial charge in [-0.1, -0.05) is 13.8 Å². The molecule has 2 N–H and O–H groups in total. The van der Waals surface area contributed by atoms with Gasteiger partial charge in [-0.15, -0.1) is 0 Å². The van der Waals surface area contributed by atoms with Gasteiger partial charge in [-0.2, -0.15) is 0 Å². The van der Waals surface area contributed by atoms with E-state index in [-0.39, 0.29) is 6.17 Å². The lowest BCUT2D eigenvalue weighted by Gasteiger charge is -2.43. The van der Waals surface area contributed by atoms with Crippen LogP contribution in [-0.4, -0.2) is 23.7 Å². The lowest BCUT2D eigenvalue weighted by molar-refractivity contribution is 0.0500. The molecule has 1 rings (SSSR count). The minimum atomic E-state index is 0.272. The summed E-state index contributed by atoms with van der Waals surface area (Å²) in [5.41, 5.74) is 6.53. The third-order valence-corrected chi connectivity index (χ3v) is 2.90. The molecule has 12 heavy (non-hydrogen) atoms. The summed E-state index contributed by atoms with van der Waals surface area (Å²) in [7, 11) is 0. The van der Waals surface area contributed by atoms with Gasteiger partial charge in [-0.25, -0.2) is 0 Å². The summed E-state index contributed by atoms with van der Waals surface area (Å²) in [6.45, 7) is 10.2. The van der Waals surface area contributed by atoms with Crippen molar-refractivity contribution < 1.29 is 0 Å². The van der Waals surface area contributed by atoms with Crippen molar-refractivity contribution in [1.29, 1.82) is 0 Å². The molecule has 1 unspecified atom stereocenters. The van der Waals surface area contributed by atoms with Crippen LogP contribution in [0, 0.1) is 5.41 Å². The monoisotopic (exact) mass is 170 g/mol. The van der Waals surface area contributed by atoms with Crippen LogP contribution in [0.2, 0.25) is 0 Å². The second-order valence-electron chi connectivity index (χ2n) is 5.02. The van der Waals surface area contributed by atoms with Gasteiger partial charge in [0.1, 0.15) is 0 Å². The van der Waals surface area contributed by atoms with E-state index in [1.807, 2.05) is 0 Å².